The van der Waals surface area contributed by atoms with Crippen LogP contribution in [0.5, 0.6) is 0 Å². The van der Waals surface area contributed by atoms with Crippen molar-refractivity contribution < 1.29 is 9.32 Å². The van der Waals surface area contributed by atoms with E-state index in [1.807, 2.05) is 0 Å². The average molecular weight is 175 g/mol. The van der Waals surface area contributed by atoms with Gasteiger partial charge in [-0.1, -0.05) is 5.16 Å². The number of carbonyl (C=O) groups excluding carboxylic acids is 1. The number of aromatic nitrogens is 1. The van der Waals surface area contributed by atoms with E-state index in [9.17, 15) is 4.79 Å². The summed E-state index contributed by atoms with van der Waals surface area (Å²) in [4.78, 5) is 11.8. The molecule has 0 aliphatic carbocycles. The summed E-state index contributed by atoms with van der Waals surface area (Å²) in [5.41, 5.74) is 0.682. The molecule has 11 heavy (non-hydrogen) atoms. The lowest BCUT2D eigenvalue weighted by molar-refractivity contribution is 0.229. The standard InChI is InChI=1S/C6H7ClN2O2/c1-9(6(7)10)4-5-2-3-11-8-5/h2-3H,4H2,1H3. The Kier molecular flexibility index (Phi) is 2.48. The van der Waals surface area contributed by atoms with Gasteiger partial charge in [-0.3, -0.25) is 4.79 Å². The molecule has 0 N–H and O–H groups in total. The summed E-state index contributed by atoms with van der Waals surface area (Å²) >= 11 is 5.17. The molecule has 0 aliphatic rings. The van der Waals surface area contributed by atoms with Crippen molar-refractivity contribution in [2.45, 2.75) is 6.54 Å². The van der Waals surface area contributed by atoms with Gasteiger partial charge in [0.1, 0.15) is 12.0 Å². The Morgan fingerprint density at radius 1 is 1.91 bits per heavy atom. The Morgan fingerprint density at radius 2 is 2.64 bits per heavy atom. The Bertz CT molecular complexity index is 235. The van der Waals surface area contributed by atoms with Gasteiger partial charge in [-0.15, -0.1) is 0 Å². The van der Waals surface area contributed by atoms with Crippen molar-refractivity contribution in [3.05, 3.63) is 18.0 Å². The highest BCUT2D eigenvalue weighted by molar-refractivity contribution is 6.62. The van der Waals surface area contributed by atoms with Crippen LogP contribution in [0.2, 0.25) is 0 Å². The van der Waals surface area contributed by atoms with Gasteiger partial charge in [-0.2, -0.15) is 0 Å². The smallest absolute Gasteiger partial charge is 0.316 e. The molecule has 0 aromatic carbocycles. The number of halogens is 1. The topological polar surface area (TPSA) is 46.3 Å². The highest BCUT2D eigenvalue weighted by atomic mass is 35.5. The second-order valence-corrected chi connectivity index (χ2v) is 2.42. The van der Waals surface area contributed by atoms with Gasteiger partial charge in [0.05, 0.1) is 6.54 Å². The zero-order valence-corrected chi connectivity index (χ0v) is 6.71. The van der Waals surface area contributed by atoms with Crippen molar-refractivity contribution in [2.24, 2.45) is 0 Å². The molecule has 0 radical (unpaired) electrons. The molecule has 5 heteroatoms. The van der Waals surface area contributed by atoms with Crippen LogP contribution in [0.1, 0.15) is 5.69 Å². The monoisotopic (exact) mass is 174 g/mol. The number of rotatable bonds is 2. The molecule has 0 saturated heterocycles. The van der Waals surface area contributed by atoms with E-state index in [1.54, 1.807) is 13.1 Å². The molecule has 0 atom stereocenters. The van der Waals surface area contributed by atoms with Crippen LogP contribution < -0.4 is 0 Å². The highest BCUT2D eigenvalue weighted by Gasteiger charge is 2.06. The normalized spacial score (nSPS) is 9.64. The molecule has 0 aliphatic heterocycles. The Morgan fingerprint density at radius 3 is 3.09 bits per heavy atom. The van der Waals surface area contributed by atoms with Crippen molar-refractivity contribution >= 4 is 17.0 Å². The molecule has 1 aromatic heterocycles. The van der Waals surface area contributed by atoms with Gasteiger partial charge >= 0.3 is 5.37 Å². The number of hydrogen-bond donors (Lipinski definition) is 0. The second kappa shape index (κ2) is 3.39. The van der Waals surface area contributed by atoms with Crippen LogP contribution in [0, 0.1) is 0 Å². The lowest BCUT2D eigenvalue weighted by Gasteiger charge is -2.09. The number of carbonyl (C=O) groups is 1. The van der Waals surface area contributed by atoms with E-state index in [-0.39, 0.29) is 0 Å². The molecule has 0 fully saturated rings. The highest BCUT2D eigenvalue weighted by Crippen LogP contribution is 2.01. The molecule has 1 aromatic rings. The van der Waals surface area contributed by atoms with Crippen LogP contribution in [0.3, 0.4) is 0 Å². The fraction of sp³-hybridized carbons (Fsp3) is 0.333. The lowest BCUT2D eigenvalue weighted by Crippen LogP contribution is -2.20. The first-order chi connectivity index (χ1) is 5.20. The number of nitrogens with zero attached hydrogens (tertiary/aromatic N) is 2. The van der Waals surface area contributed by atoms with Crippen molar-refractivity contribution in [1.29, 1.82) is 0 Å². The fourth-order valence-electron chi connectivity index (χ4n) is 0.624. The van der Waals surface area contributed by atoms with Gasteiger partial charge in [0, 0.05) is 13.1 Å². The number of hydrogen-bond acceptors (Lipinski definition) is 3. The molecule has 1 amide bonds. The van der Waals surface area contributed by atoms with Crippen LogP contribution in [-0.4, -0.2) is 22.5 Å². The van der Waals surface area contributed by atoms with Crippen molar-refractivity contribution in [3.8, 4) is 0 Å². The molecule has 0 unspecified atom stereocenters. The summed E-state index contributed by atoms with van der Waals surface area (Å²) in [6, 6.07) is 1.68. The molecule has 1 rings (SSSR count). The van der Waals surface area contributed by atoms with E-state index < -0.39 is 5.37 Å². The molecule has 0 bridgehead atoms. The summed E-state index contributed by atoms with van der Waals surface area (Å²) in [6.45, 7) is 0.374. The first-order valence-corrected chi connectivity index (χ1v) is 3.38. The van der Waals surface area contributed by atoms with Crippen LogP contribution in [0.15, 0.2) is 16.9 Å². The van der Waals surface area contributed by atoms with Crippen LogP contribution in [-0.2, 0) is 6.54 Å². The van der Waals surface area contributed by atoms with E-state index in [0.717, 1.165) is 0 Å². The second-order valence-electron chi connectivity index (χ2n) is 2.10. The van der Waals surface area contributed by atoms with E-state index in [4.69, 9.17) is 11.6 Å². The molecule has 0 saturated carbocycles. The zero-order chi connectivity index (χ0) is 8.27. The molecule has 1 heterocycles. The number of amides is 1. The van der Waals surface area contributed by atoms with Gasteiger partial charge in [0.15, 0.2) is 0 Å². The minimum Gasteiger partial charge on any atom is -0.364 e. The molecular formula is C6H7ClN2O2. The summed E-state index contributed by atoms with van der Waals surface area (Å²) in [7, 11) is 1.59. The minimum atomic E-state index is -0.506. The van der Waals surface area contributed by atoms with Crippen molar-refractivity contribution in [2.75, 3.05) is 7.05 Å². The van der Waals surface area contributed by atoms with Crippen LogP contribution in [0.4, 0.5) is 4.79 Å². The lowest BCUT2D eigenvalue weighted by atomic mass is 10.4. The SMILES string of the molecule is CN(Cc1ccon1)C(=O)Cl. The summed E-state index contributed by atoms with van der Waals surface area (Å²) < 4.78 is 4.56. The quantitative estimate of drug-likeness (QED) is 0.504. The van der Waals surface area contributed by atoms with E-state index >= 15 is 0 Å². The first kappa shape index (κ1) is 8.07. The van der Waals surface area contributed by atoms with Crippen molar-refractivity contribution in [1.82, 2.24) is 10.1 Å². The molecular weight excluding hydrogens is 168 g/mol. The first-order valence-electron chi connectivity index (χ1n) is 3.00. The van der Waals surface area contributed by atoms with Gasteiger partial charge in [-0.05, 0) is 11.6 Å². The third kappa shape index (κ3) is 2.23. The third-order valence-electron chi connectivity index (χ3n) is 1.19. The van der Waals surface area contributed by atoms with Gasteiger partial charge < -0.3 is 9.42 Å². The van der Waals surface area contributed by atoms with Crippen molar-refractivity contribution in [3.63, 3.8) is 0 Å². The maximum absolute atomic E-state index is 10.5. The van der Waals surface area contributed by atoms with Gasteiger partial charge in [0.2, 0.25) is 0 Å². The minimum absolute atomic E-state index is 0.374. The van der Waals surface area contributed by atoms with Crippen LogP contribution in [0.25, 0.3) is 0 Å². The predicted molar refractivity (Wildman–Crippen MR) is 39.2 cm³/mol. The van der Waals surface area contributed by atoms with Crippen LogP contribution >= 0.6 is 11.6 Å². The summed E-state index contributed by atoms with van der Waals surface area (Å²) in [5.74, 6) is 0. The van der Waals surface area contributed by atoms with E-state index in [1.165, 1.54) is 11.2 Å². The summed E-state index contributed by atoms with van der Waals surface area (Å²) in [5, 5.41) is 3.10. The maximum Gasteiger partial charge on any atom is 0.316 e. The van der Waals surface area contributed by atoms with Gasteiger partial charge in [0.25, 0.3) is 0 Å². The third-order valence-corrected chi connectivity index (χ3v) is 1.48. The summed E-state index contributed by atoms with van der Waals surface area (Å²) in [6.07, 6.45) is 1.45. The Balaban J connectivity index is 2.50. The Hall–Kier alpha value is -1.03. The van der Waals surface area contributed by atoms with E-state index in [0.29, 0.717) is 12.2 Å². The zero-order valence-electron chi connectivity index (χ0n) is 5.95. The molecule has 4 nitrogen and oxygen atoms in total. The maximum atomic E-state index is 10.5. The fourth-order valence-corrected chi connectivity index (χ4v) is 0.684. The predicted octanol–water partition coefficient (Wildman–Crippen LogP) is 1.47. The largest absolute Gasteiger partial charge is 0.364 e. The molecule has 60 valence electrons. The van der Waals surface area contributed by atoms with E-state index in [2.05, 4.69) is 9.68 Å². The average Bonchev–Trinajstić information content (AvgIpc) is 2.39. The van der Waals surface area contributed by atoms with Gasteiger partial charge in [-0.25, -0.2) is 0 Å². The Labute approximate surface area is 68.7 Å². The molecule has 0 spiro atoms.